The number of hydrogen-bond acceptors (Lipinski definition) is 4. The third-order valence-corrected chi connectivity index (χ3v) is 6.27. The predicted molar refractivity (Wildman–Crippen MR) is 137 cm³/mol. The standard InChI is InChI=1S/C26H31N3O3S/c1-3-18-7-12-24-19(14-18)15-20(25(30)28-24)16-29(17-23-6-5-13-32-23)26(33)27-21-8-10-22(11-9-21)31-4-2/h7-12,14-15,23H,3-6,13,16-17H2,1-2H3,(H,27,33)(H,28,30)/t23-/m0/s1. The number of thiocarbonyl (C=S) groups is 1. The Kier molecular flexibility index (Phi) is 7.62. The molecule has 174 valence electrons. The summed E-state index contributed by atoms with van der Waals surface area (Å²) in [7, 11) is 0. The predicted octanol–water partition coefficient (Wildman–Crippen LogP) is 4.87. The molecule has 1 saturated heterocycles. The molecule has 0 amide bonds. The Balaban J connectivity index is 1.56. The second kappa shape index (κ2) is 10.8. The fourth-order valence-corrected chi connectivity index (χ4v) is 4.36. The molecule has 1 aliphatic heterocycles. The Hall–Kier alpha value is -2.90. The number of ether oxygens (including phenoxy) is 2. The van der Waals surface area contributed by atoms with E-state index in [9.17, 15) is 4.79 Å². The van der Waals surface area contributed by atoms with E-state index >= 15 is 0 Å². The molecule has 0 bridgehead atoms. The van der Waals surface area contributed by atoms with Gasteiger partial charge in [0.25, 0.3) is 5.56 Å². The van der Waals surface area contributed by atoms with E-state index in [0.717, 1.165) is 48.2 Å². The molecular formula is C26H31N3O3S. The van der Waals surface area contributed by atoms with Gasteiger partial charge in [-0.1, -0.05) is 13.0 Å². The first-order valence-electron chi connectivity index (χ1n) is 11.6. The lowest BCUT2D eigenvalue weighted by molar-refractivity contribution is 0.0904. The summed E-state index contributed by atoms with van der Waals surface area (Å²) in [6, 6.07) is 15.9. The number of aryl methyl sites for hydroxylation is 1. The van der Waals surface area contributed by atoms with Crippen molar-refractivity contribution in [1.29, 1.82) is 0 Å². The molecule has 3 aromatic rings. The zero-order valence-corrected chi connectivity index (χ0v) is 20.0. The first-order valence-corrected chi connectivity index (χ1v) is 12.0. The van der Waals surface area contributed by atoms with Crippen LogP contribution in [0.5, 0.6) is 5.75 Å². The number of nitrogens with one attached hydrogen (secondary N) is 2. The van der Waals surface area contributed by atoms with Crippen molar-refractivity contribution in [2.75, 3.05) is 25.1 Å². The van der Waals surface area contributed by atoms with E-state index < -0.39 is 0 Å². The van der Waals surface area contributed by atoms with Gasteiger partial charge in [0.2, 0.25) is 0 Å². The quantitative estimate of drug-likeness (QED) is 0.463. The molecule has 4 rings (SSSR count). The Bertz CT molecular complexity index is 1150. The van der Waals surface area contributed by atoms with E-state index in [0.29, 0.717) is 30.4 Å². The van der Waals surface area contributed by atoms with E-state index in [1.165, 1.54) is 5.56 Å². The molecule has 0 aliphatic carbocycles. The molecule has 0 radical (unpaired) electrons. The number of H-pyrrole nitrogens is 1. The maximum absolute atomic E-state index is 12.8. The number of pyridine rings is 1. The summed E-state index contributed by atoms with van der Waals surface area (Å²) in [5.74, 6) is 0.819. The monoisotopic (exact) mass is 465 g/mol. The molecule has 2 N–H and O–H groups in total. The van der Waals surface area contributed by atoms with Crippen LogP contribution in [0.3, 0.4) is 0 Å². The van der Waals surface area contributed by atoms with Crippen LogP contribution in [0.4, 0.5) is 5.69 Å². The van der Waals surface area contributed by atoms with Crippen LogP contribution in [-0.2, 0) is 17.7 Å². The smallest absolute Gasteiger partial charge is 0.253 e. The Morgan fingerprint density at radius 3 is 2.73 bits per heavy atom. The molecule has 7 heteroatoms. The molecule has 33 heavy (non-hydrogen) atoms. The van der Waals surface area contributed by atoms with Crippen LogP contribution >= 0.6 is 12.2 Å². The fraction of sp³-hybridized carbons (Fsp3) is 0.385. The lowest BCUT2D eigenvalue weighted by atomic mass is 10.1. The summed E-state index contributed by atoms with van der Waals surface area (Å²) in [5.41, 5.74) is 3.56. The van der Waals surface area contributed by atoms with Gasteiger partial charge < -0.3 is 24.7 Å². The average Bonchev–Trinajstić information content (AvgIpc) is 3.33. The van der Waals surface area contributed by atoms with Gasteiger partial charge in [-0.3, -0.25) is 4.79 Å². The first-order chi connectivity index (χ1) is 16.1. The topological polar surface area (TPSA) is 66.6 Å². The summed E-state index contributed by atoms with van der Waals surface area (Å²) in [5, 5.41) is 4.91. The van der Waals surface area contributed by atoms with Gasteiger partial charge in [-0.2, -0.15) is 0 Å². The second-order valence-corrected chi connectivity index (χ2v) is 8.69. The van der Waals surface area contributed by atoms with Crippen LogP contribution in [0, 0.1) is 0 Å². The van der Waals surface area contributed by atoms with Gasteiger partial charge in [0, 0.05) is 29.9 Å². The highest BCUT2D eigenvalue weighted by Gasteiger charge is 2.22. The first kappa shape index (κ1) is 23.3. The van der Waals surface area contributed by atoms with Crippen LogP contribution in [0.15, 0.2) is 53.3 Å². The molecule has 6 nitrogen and oxygen atoms in total. The number of fused-ring (bicyclic) bond motifs is 1. The van der Waals surface area contributed by atoms with E-state index in [1.807, 2.05) is 48.2 Å². The number of aromatic nitrogens is 1. The molecule has 2 heterocycles. The van der Waals surface area contributed by atoms with E-state index in [-0.39, 0.29) is 11.7 Å². The zero-order chi connectivity index (χ0) is 23.2. The highest BCUT2D eigenvalue weighted by Crippen LogP contribution is 2.20. The van der Waals surface area contributed by atoms with Crippen LogP contribution in [0.2, 0.25) is 0 Å². The lowest BCUT2D eigenvalue weighted by Gasteiger charge is -2.28. The minimum Gasteiger partial charge on any atom is -0.494 e. The Labute approximate surface area is 199 Å². The number of nitrogens with zero attached hydrogens (tertiary/aromatic N) is 1. The van der Waals surface area contributed by atoms with Crippen molar-refractivity contribution in [2.45, 2.75) is 45.8 Å². The Morgan fingerprint density at radius 2 is 2.03 bits per heavy atom. The number of aromatic amines is 1. The fourth-order valence-electron chi connectivity index (χ4n) is 4.10. The molecule has 1 fully saturated rings. The van der Waals surface area contributed by atoms with Crippen molar-refractivity contribution < 1.29 is 9.47 Å². The minimum atomic E-state index is -0.0899. The molecule has 1 aromatic heterocycles. The van der Waals surface area contributed by atoms with Crippen molar-refractivity contribution in [2.24, 2.45) is 0 Å². The van der Waals surface area contributed by atoms with Crippen LogP contribution in [0.1, 0.15) is 37.8 Å². The zero-order valence-electron chi connectivity index (χ0n) is 19.2. The number of benzene rings is 2. The van der Waals surface area contributed by atoms with Gasteiger partial charge in [-0.15, -0.1) is 0 Å². The number of rotatable bonds is 8. The second-order valence-electron chi connectivity index (χ2n) is 8.30. The van der Waals surface area contributed by atoms with Crippen molar-refractivity contribution in [3.8, 4) is 5.75 Å². The largest absolute Gasteiger partial charge is 0.494 e. The Morgan fingerprint density at radius 1 is 1.21 bits per heavy atom. The van der Waals surface area contributed by atoms with Gasteiger partial charge in [0.15, 0.2) is 5.11 Å². The van der Waals surface area contributed by atoms with E-state index in [1.54, 1.807) is 0 Å². The van der Waals surface area contributed by atoms with E-state index in [2.05, 4.69) is 29.4 Å². The van der Waals surface area contributed by atoms with Crippen molar-refractivity contribution >= 4 is 33.9 Å². The van der Waals surface area contributed by atoms with Gasteiger partial charge in [0.05, 0.1) is 19.3 Å². The third-order valence-electron chi connectivity index (χ3n) is 5.91. The summed E-state index contributed by atoms with van der Waals surface area (Å²) in [6.45, 7) is 6.53. The van der Waals surface area contributed by atoms with Crippen molar-refractivity contribution in [3.63, 3.8) is 0 Å². The third kappa shape index (κ3) is 5.92. The summed E-state index contributed by atoms with van der Waals surface area (Å²) >= 11 is 5.77. The van der Waals surface area contributed by atoms with Crippen LogP contribution in [-0.4, -0.2) is 40.9 Å². The lowest BCUT2D eigenvalue weighted by Crippen LogP contribution is -2.40. The number of anilines is 1. The van der Waals surface area contributed by atoms with Gasteiger partial charge >= 0.3 is 0 Å². The van der Waals surface area contributed by atoms with Gasteiger partial charge in [0.1, 0.15) is 5.75 Å². The molecule has 1 atom stereocenters. The number of hydrogen-bond donors (Lipinski definition) is 2. The van der Waals surface area contributed by atoms with Crippen molar-refractivity contribution in [3.05, 3.63) is 70.0 Å². The maximum Gasteiger partial charge on any atom is 0.253 e. The molecular weight excluding hydrogens is 434 g/mol. The van der Waals surface area contributed by atoms with Gasteiger partial charge in [-0.25, -0.2) is 0 Å². The molecule has 1 aliphatic rings. The SMILES string of the molecule is CCOc1ccc(NC(=S)N(Cc2cc3cc(CC)ccc3[nH]c2=O)C[C@@H]2CCCO2)cc1. The minimum absolute atomic E-state index is 0.0899. The molecule has 2 aromatic carbocycles. The maximum atomic E-state index is 12.8. The van der Waals surface area contributed by atoms with Crippen molar-refractivity contribution in [1.82, 2.24) is 9.88 Å². The van der Waals surface area contributed by atoms with E-state index in [4.69, 9.17) is 21.7 Å². The van der Waals surface area contributed by atoms with Crippen LogP contribution in [0.25, 0.3) is 10.9 Å². The molecule has 0 saturated carbocycles. The summed E-state index contributed by atoms with van der Waals surface area (Å²) in [6.07, 6.45) is 3.10. The highest BCUT2D eigenvalue weighted by atomic mass is 32.1. The molecule has 0 spiro atoms. The van der Waals surface area contributed by atoms with Crippen LogP contribution < -0.4 is 15.6 Å². The average molecular weight is 466 g/mol. The summed E-state index contributed by atoms with van der Waals surface area (Å²) < 4.78 is 11.4. The normalized spacial score (nSPS) is 15.5. The highest BCUT2D eigenvalue weighted by molar-refractivity contribution is 7.80. The summed E-state index contributed by atoms with van der Waals surface area (Å²) in [4.78, 5) is 17.9. The van der Waals surface area contributed by atoms with Gasteiger partial charge in [-0.05, 0) is 91.8 Å². The molecule has 0 unspecified atom stereocenters.